The summed E-state index contributed by atoms with van der Waals surface area (Å²) < 4.78 is 0. The standard InChI is InChI=1S/C15H27N3O3/c1-6-15(7-2,8-3)16-13(19)11-18(12-14(20)21)10-9-17(4)5/h1H,7-12H2,2-5H3,(H,16,19)(H,20,21). The minimum Gasteiger partial charge on any atom is -0.480 e. The molecule has 0 aliphatic heterocycles. The number of carbonyl (C=O) groups is 2. The second kappa shape index (κ2) is 9.37. The smallest absolute Gasteiger partial charge is 0.317 e. The zero-order valence-corrected chi connectivity index (χ0v) is 13.5. The van der Waals surface area contributed by atoms with Crippen LogP contribution in [0.4, 0.5) is 0 Å². The highest BCUT2D eigenvalue weighted by Crippen LogP contribution is 2.13. The van der Waals surface area contributed by atoms with Gasteiger partial charge in [0.2, 0.25) is 5.91 Å². The molecule has 0 radical (unpaired) electrons. The third kappa shape index (κ3) is 7.69. The van der Waals surface area contributed by atoms with Gasteiger partial charge in [0.1, 0.15) is 5.54 Å². The van der Waals surface area contributed by atoms with Gasteiger partial charge in [-0.1, -0.05) is 19.8 Å². The van der Waals surface area contributed by atoms with Crippen molar-refractivity contribution in [2.45, 2.75) is 32.2 Å². The molecular formula is C15H27N3O3. The van der Waals surface area contributed by atoms with Crippen LogP contribution in [0.1, 0.15) is 26.7 Å². The van der Waals surface area contributed by atoms with E-state index in [1.54, 1.807) is 4.90 Å². The van der Waals surface area contributed by atoms with Gasteiger partial charge in [-0.25, -0.2) is 0 Å². The van der Waals surface area contributed by atoms with Crippen molar-refractivity contribution < 1.29 is 14.7 Å². The molecule has 0 saturated heterocycles. The van der Waals surface area contributed by atoms with Crippen LogP contribution in [0, 0.1) is 12.3 Å². The number of carboxylic acids is 1. The lowest BCUT2D eigenvalue weighted by atomic mass is 9.94. The van der Waals surface area contributed by atoms with Crippen LogP contribution in [0.15, 0.2) is 0 Å². The van der Waals surface area contributed by atoms with Gasteiger partial charge in [-0.05, 0) is 26.9 Å². The quantitative estimate of drug-likeness (QED) is 0.565. The Labute approximate surface area is 127 Å². The van der Waals surface area contributed by atoms with E-state index in [0.717, 1.165) is 0 Å². The number of nitrogens with one attached hydrogen (secondary N) is 1. The molecule has 6 nitrogen and oxygen atoms in total. The first-order chi connectivity index (χ1) is 9.78. The Balaban J connectivity index is 4.65. The molecule has 21 heavy (non-hydrogen) atoms. The molecule has 0 aliphatic rings. The van der Waals surface area contributed by atoms with E-state index in [1.165, 1.54) is 0 Å². The number of carbonyl (C=O) groups excluding carboxylic acids is 1. The van der Waals surface area contributed by atoms with Crippen molar-refractivity contribution in [1.82, 2.24) is 15.1 Å². The molecule has 0 spiro atoms. The minimum absolute atomic E-state index is 0.0313. The number of hydrogen-bond donors (Lipinski definition) is 2. The number of hydrogen-bond acceptors (Lipinski definition) is 4. The summed E-state index contributed by atoms with van der Waals surface area (Å²) in [6, 6.07) is 0. The fourth-order valence-corrected chi connectivity index (χ4v) is 1.92. The van der Waals surface area contributed by atoms with Crippen molar-refractivity contribution in [3.63, 3.8) is 0 Å². The second-order valence-electron chi connectivity index (χ2n) is 5.39. The summed E-state index contributed by atoms with van der Waals surface area (Å²) in [5.41, 5.74) is -0.645. The van der Waals surface area contributed by atoms with Crippen LogP contribution in [-0.4, -0.2) is 72.6 Å². The molecule has 0 rings (SSSR count). The van der Waals surface area contributed by atoms with Crippen molar-refractivity contribution >= 4 is 11.9 Å². The van der Waals surface area contributed by atoms with Gasteiger partial charge < -0.3 is 15.3 Å². The lowest BCUT2D eigenvalue weighted by Crippen LogP contribution is -2.51. The Morgan fingerprint density at radius 2 is 1.76 bits per heavy atom. The maximum absolute atomic E-state index is 12.1. The molecule has 0 aromatic rings. The minimum atomic E-state index is -0.948. The normalized spacial score (nSPS) is 11.5. The summed E-state index contributed by atoms with van der Waals surface area (Å²) in [6.07, 6.45) is 6.79. The molecule has 0 fully saturated rings. The van der Waals surface area contributed by atoms with Crippen LogP contribution < -0.4 is 5.32 Å². The largest absolute Gasteiger partial charge is 0.480 e. The number of likely N-dealkylation sites (N-methyl/N-ethyl adjacent to an activating group) is 1. The van der Waals surface area contributed by atoms with Gasteiger partial charge in [0.25, 0.3) is 0 Å². The summed E-state index contributed by atoms with van der Waals surface area (Å²) in [4.78, 5) is 26.5. The summed E-state index contributed by atoms with van der Waals surface area (Å²) >= 11 is 0. The molecule has 0 saturated carbocycles. The number of carboxylic acid groups (broad SMARTS) is 1. The van der Waals surface area contributed by atoms with Crippen LogP contribution in [0.5, 0.6) is 0 Å². The molecule has 0 bridgehead atoms. The summed E-state index contributed by atoms with van der Waals surface area (Å²) in [7, 11) is 3.80. The predicted molar refractivity (Wildman–Crippen MR) is 82.9 cm³/mol. The Bertz CT molecular complexity index is 384. The lowest BCUT2D eigenvalue weighted by Gasteiger charge is -2.29. The van der Waals surface area contributed by atoms with Crippen molar-refractivity contribution in [2.24, 2.45) is 0 Å². The lowest BCUT2D eigenvalue weighted by molar-refractivity contribution is -0.138. The highest BCUT2D eigenvalue weighted by atomic mass is 16.4. The van der Waals surface area contributed by atoms with Crippen LogP contribution in [0.25, 0.3) is 0 Å². The number of terminal acetylenes is 1. The number of aliphatic carboxylic acids is 1. The molecule has 0 heterocycles. The highest BCUT2D eigenvalue weighted by molar-refractivity contribution is 5.80. The van der Waals surface area contributed by atoms with E-state index in [4.69, 9.17) is 11.5 Å². The van der Waals surface area contributed by atoms with E-state index in [1.807, 2.05) is 32.8 Å². The average molecular weight is 297 g/mol. The van der Waals surface area contributed by atoms with E-state index < -0.39 is 11.5 Å². The zero-order valence-electron chi connectivity index (χ0n) is 13.5. The monoisotopic (exact) mass is 297 g/mol. The molecule has 2 N–H and O–H groups in total. The zero-order chi connectivity index (χ0) is 16.5. The van der Waals surface area contributed by atoms with Crippen LogP contribution in [-0.2, 0) is 9.59 Å². The van der Waals surface area contributed by atoms with Crippen molar-refractivity contribution in [1.29, 1.82) is 0 Å². The maximum atomic E-state index is 12.1. The molecular weight excluding hydrogens is 270 g/mol. The van der Waals surface area contributed by atoms with Crippen LogP contribution in [0.3, 0.4) is 0 Å². The Hall–Kier alpha value is -1.58. The van der Waals surface area contributed by atoms with Gasteiger partial charge in [-0.15, -0.1) is 6.42 Å². The van der Waals surface area contributed by atoms with Gasteiger partial charge in [-0.3, -0.25) is 14.5 Å². The van der Waals surface area contributed by atoms with E-state index in [-0.39, 0.29) is 19.0 Å². The van der Waals surface area contributed by atoms with Gasteiger partial charge in [0.15, 0.2) is 0 Å². The Morgan fingerprint density at radius 1 is 1.19 bits per heavy atom. The van der Waals surface area contributed by atoms with Gasteiger partial charge in [0, 0.05) is 13.1 Å². The summed E-state index contributed by atoms with van der Waals surface area (Å²) in [6.45, 7) is 4.90. The third-order valence-corrected chi connectivity index (χ3v) is 3.45. The van der Waals surface area contributed by atoms with Gasteiger partial charge in [0.05, 0.1) is 13.1 Å². The van der Waals surface area contributed by atoms with E-state index in [9.17, 15) is 9.59 Å². The van der Waals surface area contributed by atoms with Gasteiger partial charge >= 0.3 is 5.97 Å². The van der Waals surface area contributed by atoms with E-state index in [2.05, 4.69) is 11.2 Å². The molecule has 120 valence electrons. The SMILES string of the molecule is C#CC(CC)(CC)NC(=O)CN(CCN(C)C)CC(=O)O. The molecule has 0 atom stereocenters. The van der Waals surface area contributed by atoms with Crippen LogP contribution in [0.2, 0.25) is 0 Å². The second-order valence-corrected chi connectivity index (χ2v) is 5.39. The first-order valence-electron chi connectivity index (χ1n) is 7.16. The first-order valence-corrected chi connectivity index (χ1v) is 7.16. The van der Waals surface area contributed by atoms with Crippen molar-refractivity contribution in [3.05, 3.63) is 0 Å². The first kappa shape index (κ1) is 19.4. The molecule has 0 unspecified atom stereocenters. The molecule has 0 aliphatic carbocycles. The predicted octanol–water partition coefficient (Wildman–Crippen LogP) is 0.243. The van der Waals surface area contributed by atoms with Gasteiger partial charge in [-0.2, -0.15) is 0 Å². The summed E-state index contributed by atoms with van der Waals surface area (Å²) in [5.74, 6) is 1.45. The summed E-state index contributed by atoms with van der Waals surface area (Å²) in [5, 5.41) is 11.8. The molecule has 1 amide bonds. The van der Waals surface area contributed by atoms with E-state index in [0.29, 0.717) is 25.9 Å². The number of amides is 1. The number of nitrogens with zero attached hydrogens (tertiary/aromatic N) is 2. The molecule has 0 aromatic carbocycles. The highest BCUT2D eigenvalue weighted by Gasteiger charge is 2.26. The fraction of sp³-hybridized carbons (Fsp3) is 0.733. The Kier molecular flexibility index (Phi) is 8.67. The third-order valence-electron chi connectivity index (χ3n) is 3.45. The average Bonchev–Trinajstić information content (AvgIpc) is 2.41. The van der Waals surface area contributed by atoms with Crippen LogP contribution >= 0.6 is 0 Å². The maximum Gasteiger partial charge on any atom is 0.317 e. The van der Waals surface area contributed by atoms with Crippen molar-refractivity contribution in [2.75, 3.05) is 40.3 Å². The molecule has 0 aromatic heterocycles. The number of rotatable bonds is 10. The topological polar surface area (TPSA) is 72.9 Å². The van der Waals surface area contributed by atoms with E-state index >= 15 is 0 Å². The Morgan fingerprint density at radius 3 is 2.14 bits per heavy atom. The fourth-order valence-electron chi connectivity index (χ4n) is 1.92. The van der Waals surface area contributed by atoms with Crippen molar-refractivity contribution in [3.8, 4) is 12.3 Å². The molecule has 6 heteroatoms.